The number of amidine groups is 1. The van der Waals surface area contributed by atoms with Crippen LogP contribution in [0, 0.1) is 11.3 Å². The molecule has 1 aliphatic heterocycles. The van der Waals surface area contributed by atoms with Gasteiger partial charge in [-0.05, 0) is 36.6 Å². The van der Waals surface area contributed by atoms with Gasteiger partial charge >= 0.3 is 0 Å². The van der Waals surface area contributed by atoms with E-state index in [1.165, 1.54) is 0 Å². The third kappa shape index (κ3) is 3.38. The molecule has 5 heteroatoms. The minimum Gasteiger partial charge on any atom is -0.379 e. The molecule has 3 rings (SSSR count). The summed E-state index contributed by atoms with van der Waals surface area (Å²) in [4.78, 5) is 9.00. The number of benzene rings is 1. The highest BCUT2D eigenvalue weighted by Crippen LogP contribution is 2.35. The molecule has 2 heterocycles. The van der Waals surface area contributed by atoms with E-state index in [0.29, 0.717) is 17.2 Å². The number of aliphatic imine (C=N–C) groups is 1. The highest BCUT2D eigenvalue weighted by molar-refractivity contribution is 8.13. The molecule has 2 N–H and O–H groups in total. The average molecular weight is 322 g/mol. The van der Waals surface area contributed by atoms with Crippen molar-refractivity contribution in [2.75, 3.05) is 5.75 Å². The standard InChI is InChI=1S/C18H18N4S/c1-18(7-9-23-17(20)22-18)15-6-2-4-13(10-15)11-16-14(12-19)5-3-8-21-16/h2-6,8,10H,7,9,11H2,1H3,(H2,20,22)/t18-/m0/s1. The monoisotopic (exact) mass is 322 g/mol. The summed E-state index contributed by atoms with van der Waals surface area (Å²) >= 11 is 1.61. The molecule has 0 amide bonds. The van der Waals surface area contributed by atoms with Gasteiger partial charge < -0.3 is 5.73 Å². The first kappa shape index (κ1) is 15.6. The van der Waals surface area contributed by atoms with Crippen molar-refractivity contribution < 1.29 is 0 Å². The molecular weight excluding hydrogens is 304 g/mol. The molecule has 116 valence electrons. The topological polar surface area (TPSA) is 75.1 Å². The summed E-state index contributed by atoms with van der Waals surface area (Å²) in [5.74, 6) is 0.981. The molecule has 23 heavy (non-hydrogen) atoms. The highest BCUT2D eigenvalue weighted by Gasteiger charge is 2.29. The van der Waals surface area contributed by atoms with Crippen molar-refractivity contribution in [2.24, 2.45) is 10.7 Å². The summed E-state index contributed by atoms with van der Waals surface area (Å²) in [7, 11) is 0. The smallest absolute Gasteiger partial charge is 0.154 e. The molecule has 0 spiro atoms. The minimum atomic E-state index is -0.270. The maximum atomic E-state index is 9.20. The van der Waals surface area contributed by atoms with Crippen molar-refractivity contribution in [3.05, 3.63) is 65.0 Å². The third-order valence-corrected chi connectivity index (χ3v) is 4.92. The van der Waals surface area contributed by atoms with E-state index in [2.05, 4.69) is 41.2 Å². The number of thioether (sulfide) groups is 1. The molecule has 0 saturated carbocycles. The molecular formula is C18H18N4S. The Morgan fingerprint density at radius 2 is 2.22 bits per heavy atom. The molecule has 1 aromatic carbocycles. The van der Waals surface area contributed by atoms with Gasteiger partial charge in [0.05, 0.1) is 16.8 Å². The van der Waals surface area contributed by atoms with E-state index in [1.807, 2.05) is 6.07 Å². The lowest BCUT2D eigenvalue weighted by Gasteiger charge is -2.30. The first-order chi connectivity index (χ1) is 11.1. The Morgan fingerprint density at radius 1 is 1.35 bits per heavy atom. The summed E-state index contributed by atoms with van der Waals surface area (Å²) in [6.45, 7) is 2.13. The number of nitrogens with two attached hydrogens (primary N) is 1. The molecule has 1 aliphatic rings. The fourth-order valence-corrected chi connectivity index (χ4v) is 3.76. The first-order valence-corrected chi connectivity index (χ1v) is 8.51. The number of pyridine rings is 1. The van der Waals surface area contributed by atoms with Gasteiger partial charge in [-0.2, -0.15) is 5.26 Å². The number of hydrogen-bond donors (Lipinski definition) is 1. The Labute approximate surface area is 140 Å². The van der Waals surface area contributed by atoms with E-state index < -0.39 is 0 Å². The van der Waals surface area contributed by atoms with Gasteiger partial charge in [-0.3, -0.25) is 9.98 Å². The SMILES string of the molecule is C[C@@]1(c2cccc(Cc3ncccc3C#N)c2)CCSC(N)=N1. The third-order valence-electron chi connectivity index (χ3n) is 4.13. The van der Waals surface area contributed by atoms with Crippen LogP contribution in [-0.2, 0) is 12.0 Å². The largest absolute Gasteiger partial charge is 0.379 e. The number of nitriles is 1. The molecule has 0 unspecified atom stereocenters. The quantitative estimate of drug-likeness (QED) is 0.941. The molecule has 0 saturated heterocycles. The Bertz CT molecular complexity index is 794. The second kappa shape index (κ2) is 6.43. The van der Waals surface area contributed by atoms with Crippen molar-refractivity contribution in [3.63, 3.8) is 0 Å². The predicted molar refractivity (Wildman–Crippen MR) is 94.2 cm³/mol. The summed E-state index contributed by atoms with van der Waals surface area (Å²) in [5, 5.41) is 9.85. The van der Waals surface area contributed by atoms with Crippen molar-refractivity contribution in [3.8, 4) is 6.07 Å². The maximum Gasteiger partial charge on any atom is 0.154 e. The first-order valence-electron chi connectivity index (χ1n) is 7.52. The van der Waals surface area contributed by atoms with Crippen LogP contribution in [-0.4, -0.2) is 15.9 Å². The van der Waals surface area contributed by atoms with Gasteiger partial charge in [-0.1, -0.05) is 36.0 Å². The average Bonchev–Trinajstić information content (AvgIpc) is 2.55. The van der Waals surface area contributed by atoms with Gasteiger partial charge in [0.1, 0.15) is 6.07 Å². The molecule has 1 aromatic heterocycles. The molecule has 1 atom stereocenters. The van der Waals surface area contributed by atoms with Crippen LogP contribution >= 0.6 is 11.8 Å². The lowest BCUT2D eigenvalue weighted by molar-refractivity contribution is 0.481. The van der Waals surface area contributed by atoms with E-state index in [0.717, 1.165) is 29.0 Å². The van der Waals surface area contributed by atoms with Crippen LogP contribution in [0.5, 0.6) is 0 Å². The highest BCUT2D eigenvalue weighted by atomic mass is 32.2. The number of hydrogen-bond acceptors (Lipinski definition) is 5. The zero-order valence-corrected chi connectivity index (χ0v) is 13.8. The van der Waals surface area contributed by atoms with Crippen LogP contribution in [0.25, 0.3) is 0 Å². The minimum absolute atomic E-state index is 0.270. The lowest BCUT2D eigenvalue weighted by atomic mass is 9.88. The van der Waals surface area contributed by atoms with Gasteiger partial charge in [0.2, 0.25) is 0 Å². The fraction of sp³-hybridized carbons (Fsp3) is 0.278. The summed E-state index contributed by atoms with van der Waals surface area (Å²) in [6, 6.07) is 14.1. The van der Waals surface area contributed by atoms with Gasteiger partial charge in [-0.25, -0.2) is 0 Å². The van der Waals surface area contributed by atoms with Crippen molar-refractivity contribution in [1.82, 2.24) is 4.98 Å². The van der Waals surface area contributed by atoms with Crippen molar-refractivity contribution in [1.29, 1.82) is 5.26 Å². The molecule has 0 radical (unpaired) electrons. The molecule has 0 bridgehead atoms. The second-order valence-corrected chi connectivity index (χ2v) is 6.92. The normalized spacial score (nSPS) is 20.6. The molecule has 4 nitrogen and oxygen atoms in total. The van der Waals surface area contributed by atoms with Crippen LogP contribution in [0.2, 0.25) is 0 Å². The van der Waals surface area contributed by atoms with Crippen LogP contribution < -0.4 is 5.73 Å². The summed E-state index contributed by atoms with van der Waals surface area (Å²) in [5.41, 5.74) is 9.36. The van der Waals surface area contributed by atoms with Crippen LogP contribution in [0.3, 0.4) is 0 Å². The van der Waals surface area contributed by atoms with Gasteiger partial charge in [0, 0.05) is 18.4 Å². The maximum absolute atomic E-state index is 9.20. The Balaban J connectivity index is 1.92. The fourth-order valence-electron chi connectivity index (χ4n) is 2.78. The summed E-state index contributed by atoms with van der Waals surface area (Å²) < 4.78 is 0. The second-order valence-electron chi connectivity index (χ2n) is 5.81. The van der Waals surface area contributed by atoms with Crippen LogP contribution in [0.15, 0.2) is 47.6 Å². The van der Waals surface area contributed by atoms with E-state index in [-0.39, 0.29) is 5.54 Å². The predicted octanol–water partition coefficient (Wildman–Crippen LogP) is 3.21. The van der Waals surface area contributed by atoms with Crippen LogP contribution in [0.4, 0.5) is 0 Å². The lowest BCUT2D eigenvalue weighted by Crippen LogP contribution is -2.28. The van der Waals surface area contributed by atoms with E-state index in [1.54, 1.807) is 30.1 Å². The molecule has 2 aromatic rings. The molecule has 0 aliphatic carbocycles. The Hall–Kier alpha value is -2.32. The van der Waals surface area contributed by atoms with Gasteiger partial charge in [0.25, 0.3) is 0 Å². The summed E-state index contributed by atoms with van der Waals surface area (Å²) in [6.07, 6.45) is 3.33. The van der Waals surface area contributed by atoms with E-state index >= 15 is 0 Å². The number of rotatable bonds is 3. The van der Waals surface area contributed by atoms with Crippen LogP contribution in [0.1, 0.15) is 35.7 Å². The van der Waals surface area contributed by atoms with Crippen molar-refractivity contribution in [2.45, 2.75) is 25.3 Å². The van der Waals surface area contributed by atoms with Crippen molar-refractivity contribution >= 4 is 16.9 Å². The number of aromatic nitrogens is 1. The number of nitrogens with zero attached hydrogens (tertiary/aromatic N) is 3. The van der Waals surface area contributed by atoms with E-state index in [9.17, 15) is 5.26 Å². The molecule has 0 fully saturated rings. The van der Waals surface area contributed by atoms with Gasteiger partial charge in [-0.15, -0.1) is 0 Å². The van der Waals surface area contributed by atoms with E-state index in [4.69, 9.17) is 5.73 Å². The zero-order valence-electron chi connectivity index (χ0n) is 13.0. The Kier molecular flexibility index (Phi) is 4.35. The zero-order chi connectivity index (χ0) is 16.3. The van der Waals surface area contributed by atoms with Gasteiger partial charge in [0.15, 0.2) is 5.17 Å². The Morgan fingerprint density at radius 3 is 3.00 bits per heavy atom.